The first kappa shape index (κ1) is 11.7. The molecule has 78 valence electrons. The number of thioether (sulfide) groups is 1. The molecule has 1 aromatic heterocycles. The lowest BCUT2D eigenvalue weighted by atomic mass is 10.4. The molecule has 0 radical (unpaired) electrons. The average Bonchev–Trinajstić information content (AvgIpc) is 2.19. The Bertz CT molecular complexity index is 265. The van der Waals surface area contributed by atoms with Crippen LogP contribution in [0.1, 0.15) is 13.3 Å². The van der Waals surface area contributed by atoms with E-state index in [1.54, 1.807) is 25.1 Å². The highest BCUT2D eigenvalue weighted by atomic mass is 35.5. The van der Waals surface area contributed by atoms with Crippen molar-refractivity contribution in [1.82, 2.24) is 4.98 Å². The molecule has 1 heterocycles. The third-order valence-corrected chi connectivity index (χ3v) is 3.12. The Hall–Kier alpha value is -0.410. The molecule has 1 aromatic rings. The summed E-state index contributed by atoms with van der Waals surface area (Å²) in [4.78, 5) is 4.27. The van der Waals surface area contributed by atoms with E-state index in [2.05, 4.69) is 11.9 Å². The SMILES string of the molecule is COc1ccc(SC(C)CCCl)nc1. The van der Waals surface area contributed by atoms with E-state index in [-0.39, 0.29) is 0 Å². The number of rotatable bonds is 5. The summed E-state index contributed by atoms with van der Waals surface area (Å²) in [5.74, 6) is 1.49. The second-order valence-corrected chi connectivity index (χ2v) is 4.78. The molecule has 1 unspecified atom stereocenters. The molecule has 0 aliphatic rings. The van der Waals surface area contributed by atoms with Crippen LogP contribution in [0, 0.1) is 0 Å². The Morgan fingerprint density at radius 1 is 1.57 bits per heavy atom. The lowest BCUT2D eigenvalue weighted by Gasteiger charge is -2.08. The van der Waals surface area contributed by atoms with Gasteiger partial charge >= 0.3 is 0 Å². The Kier molecular flexibility index (Phi) is 5.12. The van der Waals surface area contributed by atoms with Crippen LogP contribution in [0.3, 0.4) is 0 Å². The maximum Gasteiger partial charge on any atom is 0.137 e. The number of hydrogen-bond donors (Lipinski definition) is 0. The van der Waals surface area contributed by atoms with Gasteiger partial charge in [-0.25, -0.2) is 4.98 Å². The van der Waals surface area contributed by atoms with Gasteiger partial charge in [0, 0.05) is 11.1 Å². The van der Waals surface area contributed by atoms with Crippen molar-refractivity contribution in [3.63, 3.8) is 0 Å². The van der Waals surface area contributed by atoms with Crippen molar-refractivity contribution in [1.29, 1.82) is 0 Å². The van der Waals surface area contributed by atoms with Gasteiger partial charge in [0.15, 0.2) is 0 Å². The zero-order valence-corrected chi connectivity index (χ0v) is 9.94. The van der Waals surface area contributed by atoms with Crippen LogP contribution in [-0.4, -0.2) is 23.2 Å². The van der Waals surface area contributed by atoms with Crippen molar-refractivity contribution < 1.29 is 4.74 Å². The standard InChI is InChI=1S/C10H14ClNOS/c1-8(5-6-11)14-10-4-3-9(13-2)7-12-10/h3-4,7-8H,5-6H2,1-2H3. The Balaban J connectivity index is 2.50. The quantitative estimate of drug-likeness (QED) is 0.574. The van der Waals surface area contributed by atoms with Gasteiger partial charge in [-0.2, -0.15) is 0 Å². The van der Waals surface area contributed by atoms with Crippen LogP contribution < -0.4 is 4.74 Å². The fraction of sp³-hybridized carbons (Fsp3) is 0.500. The minimum atomic E-state index is 0.508. The molecule has 2 nitrogen and oxygen atoms in total. The molecule has 0 saturated heterocycles. The number of nitrogens with zero attached hydrogens (tertiary/aromatic N) is 1. The molecule has 0 saturated carbocycles. The molecule has 0 N–H and O–H groups in total. The molecule has 0 bridgehead atoms. The summed E-state index contributed by atoms with van der Waals surface area (Å²) in [6, 6.07) is 3.89. The highest BCUT2D eigenvalue weighted by molar-refractivity contribution is 7.99. The number of hydrogen-bond acceptors (Lipinski definition) is 3. The monoisotopic (exact) mass is 231 g/mol. The van der Waals surface area contributed by atoms with Gasteiger partial charge in [0.25, 0.3) is 0 Å². The highest BCUT2D eigenvalue weighted by Crippen LogP contribution is 2.24. The summed E-state index contributed by atoms with van der Waals surface area (Å²) in [6.45, 7) is 2.15. The van der Waals surface area contributed by atoms with Gasteiger partial charge in [-0.15, -0.1) is 23.4 Å². The normalized spacial score (nSPS) is 12.5. The molecule has 0 amide bonds. The van der Waals surface area contributed by atoms with Gasteiger partial charge in [-0.05, 0) is 18.6 Å². The summed E-state index contributed by atoms with van der Waals surface area (Å²) < 4.78 is 5.03. The van der Waals surface area contributed by atoms with Crippen molar-refractivity contribution in [2.75, 3.05) is 13.0 Å². The Morgan fingerprint density at radius 3 is 2.86 bits per heavy atom. The van der Waals surface area contributed by atoms with Crippen LogP contribution in [0.5, 0.6) is 5.75 Å². The Morgan fingerprint density at radius 2 is 2.36 bits per heavy atom. The first-order chi connectivity index (χ1) is 6.76. The molecule has 0 aliphatic carbocycles. The molecule has 0 spiro atoms. The van der Waals surface area contributed by atoms with Gasteiger partial charge in [0.1, 0.15) is 5.75 Å². The first-order valence-corrected chi connectivity index (χ1v) is 5.90. The second-order valence-electron chi connectivity index (χ2n) is 2.94. The van der Waals surface area contributed by atoms with E-state index in [1.165, 1.54) is 0 Å². The van der Waals surface area contributed by atoms with Gasteiger partial charge in [-0.3, -0.25) is 0 Å². The summed E-state index contributed by atoms with van der Waals surface area (Å²) in [6.07, 6.45) is 2.73. The lowest BCUT2D eigenvalue weighted by Crippen LogP contribution is -1.97. The van der Waals surface area contributed by atoms with Crippen molar-refractivity contribution in [2.45, 2.75) is 23.6 Å². The van der Waals surface area contributed by atoms with Crippen molar-refractivity contribution in [3.05, 3.63) is 18.3 Å². The predicted molar refractivity (Wildman–Crippen MR) is 61.4 cm³/mol. The summed E-state index contributed by atoms with van der Waals surface area (Å²) >= 11 is 7.39. The van der Waals surface area contributed by atoms with Crippen molar-refractivity contribution >= 4 is 23.4 Å². The fourth-order valence-corrected chi connectivity index (χ4v) is 2.34. The Labute approximate surface area is 94.0 Å². The minimum Gasteiger partial charge on any atom is -0.495 e. The molecule has 4 heteroatoms. The molecule has 1 rings (SSSR count). The van der Waals surface area contributed by atoms with Crippen molar-refractivity contribution in [2.24, 2.45) is 0 Å². The lowest BCUT2D eigenvalue weighted by molar-refractivity contribution is 0.412. The van der Waals surface area contributed by atoms with E-state index in [0.29, 0.717) is 11.1 Å². The fourth-order valence-electron chi connectivity index (χ4n) is 0.976. The summed E-state index contributed by atoms with van der Waals surface area (Å²) in [5.41, 5.74) is 0. The van der Waals surface area contributed by atoms with Crippen LogP contribution in [0.15, 0.2) is 23.4 Å². The number of aromatic nitrogens is 1. The van der Waals surface area contributed by atoms with Gasteiger partial charge < -0.3 is 4.74 Å². The second kappa shape index (κ2) is 6.14. The zero-order chi connectivity index (χ0) is 10.4. The molecule has 14 heavy (non-hydrogen) atoms. The smallest absolute Gasteiger partial charge is 0.137 e. The van der Waals surface area contributed by atoms with Crippen LogP contribution >= 0.6 is 23.4 Å². The van der Waals surface area contributed by atoms with Crippen LogP contribution in [-0.2, 0) is 0 Å². The molecule has 0 fully saturated rings. The van der Waals surface area contributed by atoms with E-state index in [4.69, 9.17) is 16.3 Å². The number of halogens is 1. The molecular weight excluding hydrogens is 218 g/mol. The van der Waals surface area contributed by atoms with Crippen molar-refractivity contribution in [3.8, 4) is 5.75 Å². The zero-order valence-electron chi connectivity index (χ0n) is 8.37. The molecule has 0 aromatic carbocycles. The number of alkyl halides is 1. The van der Waals surface area contributed by atoms with Gasteiger partial charge in [-0.1, -0.05) is 6.92 Å². The molecular formula is C10H14ClNOS. The van der Waals surface area contributed by atoms with E-state index in [1.807, 2.05) is 12.1 Å². The topological polar surface area (TPSA) is 22.1 Å². The largest absolute Gasteiger partial charge is 0.495 e. The third kappa shape index (κ3) is 3.76. The van der Waals surface area contributed by atoms with E-state index < -0.39 is 0 Å². The highest BCUT2D eigenvalue weighted by Gasteiger charge is 2.04. The van der Waals surface area contributed by atoms with E-state index in [9.17, 15) is 0 Å². The van der Waals surface area contributed by atoms with Gasteiger partial charge in [0.2, 0.25) is 0 Å². The van der Waals surface area contributed by atoms with Crippen LogP contribution in [0.25, 0.3) is 0 Å². The molecule has 0 aliphatic heterocycles. The maximum absolute atomic E-state index is 5.66. The van der Waals surface area contributed by atoms with E-state index in [0.717, 1.165) is 17.2 Å². The number of methoxy groups -OCH3 is 1. The number of pyridine rings is 1. The van der Waals surface area contributed by atoms with Crippen LogP contribution in [0.2, 0.25) is 0 Å². The van der Waals surface area contributed by atoms with Crippen LogP contribution in [0.4, 0.5) is 0 Å². The minimum absolute atomic E-state index is 0.508. The van der Waals surface area contributed by atoms with E-state index >= 15 is 0 Å². The maximum atomic E-state index is 5.66. The first-order valence-electron chi connectivity index (χ1n) is 4.49. The average molecular weight is 232 g/mol. The summed E-state index contributed by atoms with van der Waals surface area (Å²) in [5, 5.41) is 1.52. The third-order valence-electron chi connectivity index (χ3n) is 1.78. The predicted octanol–water partition coefficient (Wildman–Crippen LogP) is 3.20. The summed E-state index contributed by atoms with van der Waals surface area (Å²) in [7, 11) is 1.64. The van der Waals surface area contributed by atoms with Gasteiger partial charge in [0.05, 0.1) is 18.3 Å². The number of ether oxygens (including phenoxy) is 1. The molecule has 1 atom stereocenters.